The maximum atomic E-state index is 4.49. The largest absolute Gasteiger partial charge is 0.311 e. The quantitative estimate of drug-likeness (QED) is 0.871. The molecule has 1 atom stereocenters. The van der Waals surface area contributed by atoms with Gasteiger partial charge in [-0.25, -0.2) is 0 Å². The first-order valence-corrected chi connectivity index (χ1v) is 8.08. The van der Waals surface area contributed by atoms with Crippen molar-refractivity contribution in [1.29, 1.82) is 0 Å². The molecule has 1 aromatic carbocycles. The number of hydrogen-bond donors (Lipinski definition) is 1. The normalized spacial score (nSPS) is 13.2. The van der Waals surface area contributed by atoms with Crippen molar-refractivity contribution in [3.63, 3.8) is 0 Å². The second kappa shape index (κ2) is 6.71. The molecule has 0 aliphatic rings. The minimum atomic E-state index is 0.199. The molecule has 2 aromatic rings. The molecule has 0 spiro atoms. The minimum Gasteiger partial charge on any atom is -0.311 e. The number of nitrogens with one attached hydrogen (secondary N) is 1. The summed E-state index contributed by atoms with van der Waals surface area (Å²) in [6, 6.07) is 13.1. The number of aromatic nitrogens is 1. The summed E-state index contributed by atoms with van der Waals surface area (Å²) in [6.07, 6.45) is 2.77. The summed E-state index contributed by atoms with van der Waals surface area (Å²) < 4.78 is 1.05. The van der Waals surface area contributed by atoms with E-state index in [1.807, 2.05) is 25.4 Å². The minimum absolute atomic E-state index is 0.199. The first kappa shape index (κ1) is 16.2. The molecule has 2 rings (SSSR count). The van der Waals surface area contributed by atoms with Crippen LogP contribution in [0.4, 0.5) is 0 Å². The molecule has 0 aliphatic carbocycles. The van der Waals surface area contributed by atoms with E-state index < -0.39 is 0 Å². The second-order valence-electron chi connectivity index (χ2n) is 6.36. The summed E-state index contributed by atoms with van der Waals surface area (Å²) in [4.78, 5) is 4.49. The van der Waals surface area contributed by atoms with Gasteiger partial charge in [0.05, 0.1) is 11.7 Å². The standard InChI is InChI=1S/C18H23BrN2/c1-18(2,3)14-9-7-13(8-10-14)12-16(20-4)17-15(19)6-5-11-21-17/h5-11,16,20H,12H2,1-4H3. The summed E-state index contributed by atoms with van der Waals surface area (Å²) in [7, 11) is 1.98. The predicted molar refractivity (Wildman–Crippen MR) is 92.6 cm³/mol. The van der Waals surface area contributed by atoms with E-state index in [4.69, 9.17) is 0 Å². The summed E-state index contributed by atoms with van der Waals surface area (Å²) >= 11 is 3.59. The molecule has 1 unspecified atom stereocenters. The average Bonchev–Trinajstić information content (AvgIpc) is 2.45. The van der Waals surface area contributed by atoms with Crippen LogP contribution in [-0.2, 0) is 11.8 Å². The predicted octanol–water partition coefficient (Wildman–Crippen LogP) is 4.64. The number of benzene rings is 1. The molecule has 0 amide bonds. The monoisotopic (exact) mass is 346 g/mol. The van der Waals surface area contributed by atoms with Crippen LogP contribution in [0.2, 0.25) is 0 Å². The van der Waals surface area contributed by atoms with Crippen LogP contribution in [0.25, 0.3) is 0 Å². The molecular weight excluding hydrogens is 324 g/mol. The van der Waals surface area contributed by atoms with Crippen LogP contribution in [0.3, 0.4) is 0 Å². The average molecular weight is 347 g/mol. The van der Waals surface area contributed by atoms with E-state index in [2.05, 4.69) is 71.3 Å². The Morgan fingerprint density at radius 3 is 2.33 bits per heavy atom. The van der Waals surface area contributed by atoms with Crippen molar-refractivity contribution in [2.45, 2.75) is 38.6 Å². The first-order chi connectivity index (χ1) is 9.91. The van der Waals surface area contributed by atoms with Gasteiger partial charge in [-0.1, -0.05) is 45.0 Å². The lowest BCUT2D eigenvalue weighted by atomic mass is 9.86. The van der Waals surface area contributed by atoms with Gasteiger partial charge in [0.15, 0.2) is 0 Å². The van der Waals surface area contributed by atoms with Gasteiger partial charge < -0.3 is 5.32 Å². The molecule has 2 nitrogen and oxygen atoms in total. The molecule has 1 heterocycles. The number of nitrogens with zero attached hydrogens (tertiary/aromatic N) is 1. The number of hydrogen-bond acceptors (Lipinski definition) is 2. The van der Waals surface area contributed by atoms with Crippen LogP contribution >= 0.6 is 15.9 Å². The Labute approximate surface area is 136 Å². The highest BCUT2D eigenvalue weighted by Gasteiger charge is 2.16. The van der Waals surface area contributed by atoms with Crippen molar-refractivity contribution < 1.29 is 0 Å². The van der Waals surface area contributed by atoms with Gasteiger partial charge in [-0.15, -0.1) is 0 Å². The molecule has 1 N–H and O–H groups in total. The van der Waals surface area contributed by atoms with Gasteiger partial charge in [0.1, 0.15) is 0 Å². The molecule has 0 saturated carbocycles. The summed E-state index contributed by atoms with van der Waals surface area (Å²) in [5.41, 5.74) is 3.94. The van der Waals surface area contributed by atoms with E-state index >= 15 is 0 Å². The lowest BCUT2D eigenvalue weighted by Gasteiger charge is -2.20. The van der Waals surface area contributed by atoms with E-state index in [9.17, 15) is 0 Å². The maximum absolute atomic E-state index is 4.49. The van der Waals surface area contributed by atoms with Crippen LogP contribution in [-0.4, -0.2) is 12.0 Å². The molecule has 21 heavy (non-hydrogen) atoms. The van der Waals surface area contributed by atoms with Crippen molar-refractivity contribution in [3.05, 3.63) is 63.9 Å². The number of halogens is 1. The molecule has 0 bridgehead atoms. The Morgan fingerprint density at radius 2 is 1.81 bits per heavy atom. The van der Waals surface area contributed by atoms with Crippen molar-refractivity contribution >= 4 is 15.9 Å². The second-order valence-corrected chi connectivity index (χ2v) is 7.22. The maximum Gasteiger partial charge on any atom is 0.0718 e. The van der Waals surface area contributed by atoms with E-state index in [-0.39, 0.29) is 11.5 Å². The lowest BCUT2D eigenvalue weighted by Crippen LogP contribution is -2.20. The smallest absolute Gasteiger partial charge is 0.0718 e. The van der Waals surface area contributed by atoms with Gasteiger partial charge >= 0.3 is 0 Å². The third-order valence-corrected chi connectivity index (χ3v) is 4.40. The van der Waals surface area contributed by atoms with E-state index in [0.717, 1.165) is 16.6 Å². The number of pyridine rings is 1. The van der Waals surface area contributed by atoms with Gasteiger partial charge in [0.2, 0.25) is 0 Å². The molecular formula is C18H23BrN2. The molecule has 0 fully saturated rings. The molecule has 112 valence electrons. The van der Waals surface area contributed by atoms with Crippen LogP contribution in [0, 0.1) is 0 Å². The van der Waals surface area contributed by atoms with E-state index in [1.165, 1.54) is 11.1 Å². The lowest BCUT2D eigenvalue weighted by molar-refractivity contribution is 0.570. The van der Waals surface area contributed by atoms with Crippen molar-refractivity contribution in [1.82, 2.24) is 10.3 Å². The SMILES string of the molecule is CNC(Cc1ccc(C(C)(C)C)cc1)c1ncccc1Br. The van der Waals surface area contributed by atoms with Crippen LogP contribution in [0.15, 0.2) is 47.1 Å². The van der Waals surface area contributed by atoms with Gasteiger partial charge in [-0.2, -0.15) is 0 Å². The van der Waals surface area contributed by atoms with E-state index in [1.54, 1.807) is 0 Å². The number of rotatable bonds is 4. The highest BCUT2D eigenvalue weighted by Crippen LogP contribution is 2.26. The fourth-order valence-electron chi connectivity index (χ4n) is 2.37. The Morgan fingerprint density at radius 1 is 1.14 bits per heavy atom. The first-order valence-electron chi connectivity index (χ1n) is 7.29. The molecule has 0 saturated heterocycles. The zero-order valence-electron chi connectivity index (χ0n) is 13.2. The molecule has 0 radical (unpaired) electrons. The molecule has 0 aliphatic heterocycles. The van der Waals surface area contributed by atoms with Gasteiger partial charge in [0.25, 0.3) is 0 Å². The van der Waals surface area contributed by atoms with Crippen molar-refractivity contribution in [3.8, 4) is 0 Å². The summed E-state index contributed by atoms with van der Waals surface area (Å²) in [5.74, 6) is 0. The topological polar surface area (TPSA) is 24.9 Å². The molecule has 3 heteroatoms. The van der Waals surface area contributed by atoms with Crippen LogP contribution < -0.4 is 5.32 Å². The fraction of sp³-hybridized carbons (Fsp3) is 0.389. The van der Waals surface area contributed by atoms with Crippen molar-refractivity contribution in [2.24, 2.45) is 0 Å². The zero-order valence-corrected chi connectivity index (χ0v) is 14.7. The Hall–Kier alpha value is -1.19. The summed E-state index contributed by atoms with van der Waals surface area (Å²) in [5, 5.41) is 3.36. The van der Waals surface area contributed by atoms with E-state index in [0.29, 0.717) is 0 Å². The van der Waals surface area contributed by atoms with Crippen LogP contribution in [0.5, 0.6) is 0 Å². The van der Waals surface area contributed by atoms with Crippen molar-refractivity contribution in [2.75, 3.05) is 7.05 Å². The van der Waals surface area contributed by atoms with Gasteiger partial charge in [-0.3, -0.25) is 4.98 Å². The van der Waals surface area contributed by atoms with Gasteiger partial charge in [-0.05, 0) is 58.1 Å². The highest BCUT2D eigenvalue weighted by molar-refractivity contribution is 9.10. The summed E-state index contributed by atoms with van der Waals surface area (Å²) in [6.45, 7) is 6.72. The number of likely N-dealkylation sites (N-methyl/N-ethyl adjacent to an activating group) is 1. The third-order valence-electron chi connectivity index (χ3n) is 3.73. The van der Waals surface area contributed by atoms with Gasteiger partial charge in [0, 0.05) is 10.7 Å². The Bertz CT molecular complexity index is 585. The Kier molecular flexibility index (Phi) is 5.17. The van der Waals surface area contributed by atoms with Crippen LogP contribution in [0.1, 0.15) is 43.6 Å². The fourth-order valence-corrected chi connectivity index (χ4v) is 2.90. The third kappa shape index (κ3) is 4.14. The zero-order chi connectivity index (χ0) is 15.5. The molecule has 1 aromatic heterocycles. The Balaban J connectivity index is 2.18. The highest BCUT2D eigenvalue weighted by atomic mass is 79.9.